The van der Waals surface area contributed by atoms with E-state index in [9.17, 15) is 4.79 Å². The molecule has 3 heteroatoms. The fourth-order valence-corrected chi connectivity index (χ4v) is 3.77. The highest BCUT2D eigenvalue weighted by molar-refractivity contribution is 5.79. The van der Waals surface area contributed by atoms with Crippen LogP contribution >= 0.6 is 0 Å². The standard InChI is InChI=1S/C17H24N2O/c1-12-6-5-7-13(2)19(12)17(20)10-14-11-18-16-9-4-3-8-15(14)16/h3-4,8-9,12-14,18H,5-7,10-11H2,1-2H3. The van der Waals surface area contributed by atoms with Crippen molar-refractivity contribution in [2.45, 2.75) is 57.5 Å². The summed E-state index contributed by atoms with van der Waals surface area (Å²) in [5.74, 6) is 0.660. The molecule has 20 heavy (non-hydrogen) atoms. The topological polar surface area (TPSA) is 32.3 Å². The second-order valence-corrected chi connectivity index (χ2v) is 6.30. The molecule has 1 amide bonds. The normalized spacial score (nSPS) is 28.9. The summed E-state index contributed by atoms with van der Waals surface area (Å²) in [7, 11) is 0. The molecule has 1 saturated heterocycles. The molecule has 1 fully saturated rings. The highest BCUT2D eigenvalue weighted by Gasteiger charge is 2.32. The molecule has 2 aliphatic heterocycles. The van der Waals surface area contributed by atoms with Crippen molar-refractivity contribution in [2.75, 3.05) is 11.9 Å². The van der Waals surface area contributed by atoms with Crippen LogP contribution in [-0.4, -0.2) is 29.4 Å². The van der Waals surface area contributed by atoms with Crippen LogP contribution in [0.15, 0.2) is 24.3 Å². The quantitative estimate of drug-likeness (QED) is 0.895. The van der Waals surface area contributed by atoms with Gasteiger partial charge < -0.3 is 10.2 Å². The van der Waals surface area contributed by atoms with E-state index >= 15 is 0 Å². The van der Waals surface area contributed by atoms with Gasteiger partial charge in [-0.2, -0.15) is 0 Å². The molecular weight excluding hydrogens is 248 g/mol. The highest BCUT2D eigenvalue weighted by atomic mass is 16.2. The van der Waals surface area contributed by atoms with E-state index in [-0.39, 0.29) is 0 Å². The zero-order valence-corrected chi connectivity index (χ0v) is 12.4. The Balaban J connectivity index is 1.71. The number of benzene rings is 1. The Morgan fingerprint density at radius 2 is 1.95 bits per heavy atom. The summed E-state index contributed by atoms with van der Waals surface area (Å²) in [6.45, 7) is 5.27. The van der Waals surface area contributed by atoms with Crippen molar-refractivity contribution >= 4 is 11.6 Å². The second kappa shape index (κ2) is 5.47. The maximum atomic E-state index is 12.7. The van der Waals surface area contributed by atoms with Crippen LogP contribution in [0.4, 0.5) is 5.69 Å². The number of likely N-dealkylation sites (tertiary alicyclic amines) is 1. The van der Waals surface area contributed by atoms with Crippen molar-refractivity contribution in [2.24, 2.45) is 0 Å². The Labute approximate surface area is 121 Å². The minimum absolute atomic E-state index is 0.327. The fourth-order valence-electron chi connectivity index (χ4n) is 3.77. The molecular formula is C17H24N2O. The van der Waals surface area contributed by atoms with Crippen LogP contribution in [0.1, 0.15) is 51.0 Å². The van der Waals surface area contributed by atoms with Gasteiger partial charge in [0.2, 0.25) is 5.91 Å². The Bertz CT molecular complexity index is 490. The van der Waals surface area contributed by atoms with E-state index in [4.69, 9.17) is 0 Å². The third kappa shape index (κ3) is 2.41. The molecule has 3 atom stereocenters. The number of nitrogens with zero attached hydrogens (tertiary/aromatic N) is 1. The molecule has 1 aromatic rings. The van der Waals surface area contributed by atoms with Crippen LogP contribution in [0.5, 0.6) is 0 Å². The van der Waals surface area contributed by atoms with Gasteiger partial charge in [0.15, 0.2) is 0 Å². The molecule has 2 heterocycles. The van der Waals surface area contributed by atoms with Crippen molar-refractivity contribution in [3.63, 3.8) is 0 Å². The van der Waals surface area contributed by atoms with Crippen LogP contribution in [0.25, 0.3) is 0 Å². The van der Waals surface area contributed by atoms with Crippen molar-refractivity contribution in [3.05, 3.63) is 29.8 Å². The van der Waals surface area contributed by atoms with Crippen molar-refractivity contribution in [1.82, 2.24) is 4.90 Å². The fraction of sp³-hybridized carbons (Fsp3) is 0.588. The first-order valence-corrected chi connectivity index (χ1v) is 7.80. The lowest BCUT2D eigenvalue weighted by molar-refractivity contribution is -0.137. The molecule has 108 valence electrons. The largest absolute Gasteiger partial charge is 0.384 e. The van der Waals surface area contributed by atoms with Crippen molar-refractivity contribution in [3.8, 4) is 0 Å². The Hall–Kier alpha value is -1.51. The summed E-state index contributed by atoms with van der Waals surface area (Å²) in [5, 5.41) is 3.41. The summed E-state index contributed by atoms with van der Waals surface area (Å²) in [4.78, 5) is 14.8. The first kappa shape index (κ1) is 13.5. The highest BCUT2D eigenvalue weighted by Crippen LogP contribution is 2.34. The van der Waals surface area contributed by atoms with Gasteiger partial charge in [0.25, 0.3) is 0 Å². The number of para-hydroxylation sites is 1. The summed E-state index contributed by atoms with van der Waals surface area (Å²) in [6, 6.07) is 9.16. The summed E-state index contributed by atoms with van der Waals surface area (Å²) < 4.78 is 0. The van der Waals surface area contributed by atoms with Gasteiger partial charge in [0.05, 0.1) is 0 Å². The van der Waals surface area contributed by atoms with Gasteiger partial charge in [-0.05, 0) is 44.7 Å². The Kier molecular flexibility index (Phi) is 3.68. The van der Waals surface area contributed by atoms with Crippen LogP contribution in [0.3, 0.4) is 0 Å². The van der Waals surface area contributed by atoms with E-state index in [1.165, 1.54) is 17.7 Å². The number of carbonyl (C=O) groups is 1. The molecule has 1 N–H and O–H groups in total. The SMILES string of the molecule is CC1CCCC(C)N1C(=O)CC1CNc2ccccc21. The monoisotopic (exact) mass is 272 g/mol. The number of piperidine rings is 1. The number of fused-ring (bicyclic) bond motifs is 1. The van der Waals surface area contributed by atoms with E-state index in [0.29, 0.717) is 30.3 Å². The lowest BCUT2D eigenvalue weighted by Gasteiger charge is -2.39. The molecule has 0 bridgehead atoms. The maximum Gasteiger partial charge on any atom is 0.223 e. The lowest BCUT2D eigenvalue weighted by Crippen LogP contribution is -2.47. The zero-order chi connectivity index (χ0) is 14.1. The molecule has 3 rings (SSSR count). The van der Waals surface area contributed by atoms with Gasteiger partial charge in [0.1, 0.15) is 0 Å². The van der Waals surface area contributed by atoms with Crippen LogP contribution < -0.4 is 5.32 Å². The van der Waals surface area contributed by atoms with Gasteiger partial charge in [0, 0.05) is 36.7 Å². The van der Waals surface area contributed by atoms with Crippen LogP contribution in [0, 0.1) is 0 Å². The minimum atomic E-state index is 0.327. The average Bonchev–Trinajstić information content (AvgIpc) is 2.82. The van der Waals surface area contributed by atoms with E-state index < -0.39 is 0 Å². The number of hydrogen-bond donors (Lipinski definition) is 1. The van der Waals surface area contributed by atoms with E-state index in [2.05, 4.69) is 42.3 Å². The number of anilines is 1. The van der Waals surface area contributed by atoms with E-state index in [1.54, 1.807) is 0 Å². The molecule has 0 spiro atoms. The summed E-state index contributed by atoms with van der Waals surface area (Å²) in [6.07, 6.45) is 4.18. The molecule has 0 radical (unpaired) electrons. The molecule has 0 saturated carbocycles. The van der Waals surface area contributed by atoms with E-state index in [0.717, 1.165) is 19.4 Å². The number of amides is 1. The summed E-state index contributed by atoms with van der Waals surface area (Å²) in [5.41, 5.74) is 2.50. The van der Waals surface area contributed by atoms with Gasteiger partial charge in [-0.25, -0.2) is 0 Å². The van der Waals surface area contributed by atoms with Crippen LogP contribution in [0.2, 0.25) is 0 Å². The minimum Gasteiger partial charge on any atom is -0.384 e. The third-order valence-electron chi connectivity index (χ3n) is 4.84. The molecule has 3 nitrogen and oxygen atoms in total. The molecule has 3 unspecified atom stereocenters. The number of nitrogens with one attached hydrogen (secondary N) is 1. The van der Waals surface area contributed by atoms with Crippen molar-refractivity contribution in [1.29, 1.82) is 0 Å². The Morgan fingerprint density at radius 1 is 1.25 bits per heavy atom. The predicted octanol–water partition coefficient (Wildman–Crippen LogP) is 3.38. The first-order chi connectivity index (χ1) is 9.66. The molecule has 2 aliphatic rings. The second-order valence-electron chi connectivity index (χ2n) is 6.30. The maximum absolute atomic E-state index is 12.7. The average molecular weight is 272 g/mol. The van der Waals surface area contributed by atoms with Gasteiger partial charge in [-0.15, -0.1) is 0 Å². The lowest BCUT2D eigenvalue weighted by atomic mass is 9.93. The predicted molar refractivity (Wildman–Crippen MR) is 81.9 cm³/mol. The number of hydrogen-bond acceptors (Lipinski definition) is 2. The van der Waals surface area contributed by atoms with Gasteiger partial charge in [-0.3, -0.25) is 4.79 Å². The molecule has 0 aliphatic carbocycles. The zero-order valence-electron chi connectivity index (χ0n) is 12.4. The van der Waals surface area contributed by atoms with Crippen LogP contribution in [-0.2, 0) is 4.79 Å². The number of rotatable bonds is 2. The van der Waals surface area contributed by atoms with E-state index in [1.807, 2.05) is 6.07 Å². The molecule has 1 aromatic carbocycles. The third-order valence-corrected chi connectivity index (χ3v) is 4.84. The molecule has 0 aromatic heterocycles. The van der Waals surface area contributed by atoms with Crippen molar-refractivity contribution < 1.29 is 4.79 Å². The van der Waals surface area contributed by atoms with Gasteiger partial charge >= 0.3 is 0 Å². The number of carbonyl (C=O) groups excluding carboxylic acids is 1. The summed E-state index contributed by atoms with van der Waals surface area (Å²) >= 11 is 0. The smallest absolute Gasteiger partial charge is 0.223 e. The van der Waals surface area contributed by atoms with Gasteiger partial charge in [-0.1, -0.05) is 18.2 Å². The Morgan fingerprint density at radius 3 is 2.70 bits per heavy atom. The first-order valence-electron chi connectivity index (χ1n) is 7.80.